The lowest BCUT2D eigenvalue weighted by atomic mass is 10.2. The first-order chi connectivity index (χ1) is 8.67. The van der Waals surface area contributed by atoms with Crippen LogP contribution in [0.2, 0.25) is 0 Å². The van der Waals surface area contributed by atoms with Crippen LogP contribution in [0.25, 0.3) is 0 Å². The predicted molar refractivity (Wildman–Crippen MR) is 72.6 cm³/mol. The van der Waals surface area contributed by atoms with E-state index in [1.807, 2.05) is 24.3 Å². The first-order valence-corrected chi connectivity index (χ1v) is 5.91. The molecule has 0 radical (unpaired) electrons. The van der Waals surface area contributed by atoms with Crippen molar-refractivity contribution in [2.75, 3.05) is 13.7 Å². The molecule has 0 saturated heterocycles. The molecule has 0 saturated carbocycles. The smallest absolute Gasteiger partial charge is 0.413 e. The van der Waals surface area contributed by atoms with Crippen LogP contribution in [-0.2, 0) is 11.3 Å². The fraction of sp³-hybridized carbons (Fsp3) is 0.333. The van der Waals surface area contributed by atoms with Crippen molar-refractivity contribution in [3.63, 3.8) is 0 Å². The van der Waals surface area contributed by atoms with Gasteiger partial charge in [-0.2, -0.15) is 0 Å². The number of carbonyl (C=O) groups excluding carboxylic acids is 1. The topological polar surface area (TPSA) is 59.6 Å². The summed E-state index contributed by atoms with van der Waals surface area (Å²) >= 11 is 4.96. The summed E-state index contributed by atoms with van der Waals surface area (Å²) in [6.07, 6.45) is -0.560. The van der Waals surface area contributed by atoms with E-state index in [-0.39, 0.29) is 5.11 Å². The Bertz CT molecular complexity index is 424. The minimum Gasteiger partial charge on any atom is -0.496 e. The van der Waals surface area contributed by atoms with E-state index in [2.05, 4.69) is 10.6 Å². The predicted octanol–water partition coefficient (Wildman–Crippen LogP) is 1.82. The Kier molecular flexibility index (Phi) is 5.93. The lowest BCUT2D eigenvalue weighted by Crippen LogP contribution is -2.39. The molecule has 98 valence electrons. The molecule has 0 aliphatic rings. The number of para-hydroxylation sites is 1. The largest absolute Gasteiger partial charge is 0.496 e. The van der Waals surface area contributed by atoms with Crippen molar-refractivity contribution in [1.29, 1.82) is 0 Å². The average Bonchev–Trinajstić information content (AvgIpc) is 2.37. The van der Waals surface area contributed by atoms with Crippen molar-refractivity contribution in [2.45, 2.75) is 13.5 Å². The number of nitrogens with one attached hydrogen (secondary N) is 2. The highest BCUT2D eigenvalue weighted by atomic mass is 32.1. The summed E-state index contributed by atoms with van der Waals surface area (Å²) in [6, 6.07) is 7.57. The van der Waals surface area contributed by atoms with Gasteiger partial charge in [0.15, 0.2) is 5.11 Å². The number of methoxy groups -OCH3 is 1. The summed E-state index contributed by atoms with van der Waals surface area (Å²) in [5, 5.41) is 5.53. The lowest BCUT2D eigenvalue weighted by molar-refractivity contribution is 0.157. The first-order valence-electron chi connectivity index (χ1n) is 5.50. The van der Waals surface area contributed by atoms with Crippen LogP contribution in [0.1, 0.15) is 12.5 Å². The highest BCUT2D eigenvalue weighted by Gasteiger charge is 2.05. The van der Waals surface area contributed by atoms with Crippen LogP contribution >= 0.6 is 12.2 Å². The number of alkyl carbamates (subject to hydrolysis) is 1. The SMILES string of the molecule is CCOC(=O)NC(=S)NCc1ccccc1OC. The summed E-state index contributed by atoms with van der Waals surface area (Å²) in [7, 11) is 1.61. The molecule has 5 nitrogen and oxygen atoms in total. The average molecular weight is 268 g/mol. The molecule has 2 N–H and O–H groups in total. The van der Waals surface area contributed by atoms with Crippen LogP contribution < -0.4 is 15.4 Å². The molecule has 1 rings (SSSR count). The number of hydrogen-bond acceptors (Lipinski definition) is 4. The van der Waals surface area contributed by atoms with E-state index in [4.69, 9.17) is 21.7 Å². The molecule has 0 aliphatic carbocycles. The van der Waals surface area contributed by atoms with Gasteiger partial charge in [0, 0.05) is 12.1 Å². The van der Waals surface area contributed by atoms with Crippen molar-refractivity contribution in [3.05, 3.63) is 29.8 Å². The highest BCUT2D eigenvalue weighted by Crippen LogP contribution is 2.16. The van der Waals surface area contributed by atoms with E-state index in [9.17, 15) is 4.79 Å². The number of amides is 1. The van der Waals surface area contributed by atoms with Gasteiger partial charge >= 0.3 is 6.09 Å². The maximum absolute atomic E-state index is 11.1. The molecule has 6 heteroatoms. The second-order valence-electron chi connectivity index (χ2n) is 3.34. The number of rotatable bonds is 4. The molecule has 0 fully saturated rings. The zero-order chi connectivity index (χ0) is 13.4. The summed E-state index contributed by atoms with van der Waals surface area (Å²) in [6.45, 7) is 2.50. The Labute approximate surface area is 111 Å². The van der Waals surface area contributed by atoms with Gasteiger partial charge in [0.05, 0.1) is 13.7 Å². The Balaban J connectivity index is 2.45. The fourth-order valence-corrected chi connectivity index (χ4v) is 1.48. The van der Waals surface area contributed by atoms with Gasteiger partial charge < -0.3 is 14.8 Å². The molecule has 1 aromatic rings. The van der Waals surface area contributed by atoms with Gasteiger partial charge in [-0.15, -0.1) is 0 Å². The van der Waals surface area contributed by atoms with Gasteiger partial charge in [-0.1, -0.05) is 18.2 Å². The fourth-order valence-electron chi connectivity index (χ4n) is 1.33. The molecule has 0 atom stereocenters. The number of ether oxygens (including phenoxy) is 2. The standard InChI is InChI=1S/C12H16N2O3S/c1-3-17-12(15)14-11(18)13-8-9-6-4-5-7-10(9)16-2/h4-7H,3,8H2,1-2H3,(H2,13,14,15,18). The molecule has 0 unspecified atom stereocenters. The summed E-state index contributed by atoms with van der Waals surface area (Å²) < 4.78 is 9.91. The molecule has 0 spiro atoms. The maximum atomic E-state index is 11.1. The van der Waals surface area contributed by atoms with Gasteiger partial charge in [-0.05, 0) is 25.2 Å². The number of thiocarbonyl (C=S) groups is 1. The molecular formula is C12H16N2O3S. The zero-order valence-corrected chi connectivity index (χ0v) is 11.2. The van der Waals surface area contributed by atoms with E-state index < -0.39 is 6.09 Å². The van der Waals surface area contributed by atoms with Crippen molar-refractivity contribution >= 4 is 23.4 Å². The number of carbonyl (C=O) groups is 1. The van der Waals surface area contributed by atoms with Crippen LogP contribution in [0, 0.1) is 0 Å². The Morgan fingerprint density at radius 2 is 2.11 bits per heavy atom. The van der Waals surface area contributed by atoms with E-state index in [0.717, 1.165) is 11.3 Å². The quantitative estimate of drug-likeness (QED) is 0.816. The molecule has 0 aliphatic heterocycles. The number of benzene rings is 1. The molecule has 0 heterocycles. The normalized spacial score (nSPS) is 9.44. The van der Waals surface area contributed by atoms with Crippen molar-refractivity contribution in [1.82, 2.24) is 10.6 Å². The summed E-state index contributed by atoms with van der Waals surface area (Å²) in [5.41, 5.74) is 0.952. The highest BCUT2D eigenvalue weighted by molar-refractivity contribution is 7.80. The zero-order valence-electron chi connectivity index (χ0n) is 10.4. The van der Waals surface area contributed by atoms with Gasteiger partial charge in [0.1, 0.15) is 5.75 Å². The van der Waals surface area contributed by atoms with Crippen molar-refractivity contribution in [2.24, 2.45) is 0 Å². The van der Waals surface area contributed by atoms with E-state index in [1.165, 1.54) is 0 Å². The van der Waals surface area contributed by atoms with Crippen LogP contribution in [-0.4, -0.2) is 24.9 Å². The maximum Gasteiger partial charge on any atom is 0.413 e. The lowest BCUT2D eigenvalue weighted by Gasteiger charge is -2.11. The van der Waals surface area contributed by atoms with Crippen LogP contribution in [0.3, 0.4) is 0 Å². The second kappa shape index (κ2) is 7.50. The van der Waals surface area contributed by atoms with Gasteiger partial charge in [-0.3, -0.25) is 5.32 Å². The number of hydrogen-bond donors (Lipinski definition) is 2. The second-order valence-corrected chi connectivity index (χ2v) is 3.75. The molecule has 1 amide bonds. The monoisotopic (exact) mass is 268 g/mol. The van der Waals surface area contributed by atoms with Crippen molar-refractivity contribution < 1.29 is 14.3 Å². The first kappa shape index (κ1) is 14.2. The van der Waals surface area contributed by atoms with Gasteiger partial charge in [-0.25, -0.2) is 4.79 Å². The minimum atomic E-state index is -0.560. The molecule has 18 heavy (non-hydrogen) atoms. The van der Waals surface area contributed by atoms with Gasteiger partial charge in [0.2, 0.25) is 0 Å². The third-order valence-electron chi connectivity index (χ3n) is 2.12. The Hall–Kier alpha value is -1.82. The van der Waals surface area contributed by atoms with E-state index >= 15 is 0 Å². The molecule has 0 aromatic heterocycles. The third kappa shape index (κ3) is 4.58. The summed E-state index contributed by atoms with van der Waals surface area (Å²) in [4.78, 5) is 11.1. The van der Waals surface area contributed by atoms with Crippen LogP contribution in [0.15, 0.2) is 24.3 Å². The Morgan fingerprint density at radius 3 is 2.78 bits per heavy atom. The van der Waals surface area contributed by atoms with Crippen molar-refractivity contribution in [3.8, 4) is 5.75 Å². The van der Waals surface area contributed by atoms with E-state index in [0.29, 0.717) is 13.2 Å². The third-order valence-corrected chi connectivity index (χ3v) is 2.37. The molecular weight excluding hydrogens is 252 g/mol. The molecule has 0 bridgehead atoms. The van der Waals surface area contributed by atoms with Gasteiger partial charge in [0.25, 0.3) is 0 Å². The summed E-state index contributed by atoms with van der Waals surface area (Å²) in [5.74, 6) is 0.768. The van der Waals surface area contributed by atoms with E-state index in [1.54, 1.807) is 14.0 Å². The van der Waals surface area contributed by atoms with Crippen LogP contribution in [0.4, 0.5) is 4.79 Å². The Morgan fingerprint density at radius 1 is 1.39 bits per heavy atom. The minimum absolute atomic E-state index is 0.222. The van der Waals surface area contributed by atoms with Crippen LogP contribution in [0.5, 0.6) is 5.75 Å². The molecule has 1 aromatic carbocycles.